The molecule has 0 atom stereocenters. The Hall–Kier alpha value is -3.52. The summed E-state index contributed by atoms with van der Waals surface area (Å²) in [6.07, 6.45) is 4.76. The Bertz CT molecular complexity index is 1260. The Labute approximate surface area is 200 Å². The summed E-state index contributed by atoms with van der Waals surface area (Å²) in [7, 11) is 5.99. The number of aromatic nitrogens is 3. The normalized spacial score (nSPS) is 14.7. The molecule has 0 unspecified atom stereocenters. The molecule has 0 spiro atoms. The van der Waals surface area contributed by atoms with Gasteiger partial charge in [0.25, 0.3) is 5.91 Å². The van der Waals surface area contributed by atoms with Gasteiger partial charge in [-0.2, -0.15) is 0 Å². The van der Waals surface area contributed by atoms with Gasteiger partial charge in [-0.3, -0.25) is 14.7 Å². The maximum absolute atomic E-state index is 13.6. The van der Waals surface area contributed by atoms with Crippen molar-refractivity contribution in [1.82, 2.24) is 20.3 Å². The highest BCUT2D eigenvalue weighted by molar-refractivity contribution is 6.10. The molecule has 3 aromatic heterocycles. The minimum absolute atomic E-state index is 0.0334. The van der Waals surface area contributed by atoms with E-state index in [1.54, 1.807) is 4.90 Å². The van der Waals surface area contributed by atoms with Gasteiger partial charge in [-0.15, -0.1) is 0 Å². The number of pyridine rings is 3. The van der Waals surface area contributed by atoms with Crippen molar-refractivity contribution in [2.24, 2.45) is 0 Å². The van der Waals surface area contributed by atoms with Gasteiger partial charge in [-0.25, -0.2) is 9.97 Å². The molecule has 2 aliphatic rings. The molecular weight excluding hydrogens is 426 g/mol. The third-order valence-electron chi connectivity index (χ3n) is 6.90. The number of rotatable bonds is 6. The van der Waals surface area contributed by atoms with E-state index < -0.39 is 0 Å². The van der Waals surface area contributed by atoms with E-state index >= 15 is 0 Å². The van der Waals surface area contributed by atoms with Crippen LogP contribution >= 0.6 is 0 Å². The molecule has 0 fully saturated rings. The highest BCUT2D eigenvalue weighted by Gasteiger charge is 2.33. The van der Waals surface area contributed by atoms with Gasteiger partial charge in [0, 0.05) is 50.6 Å². The van der Waals surface area contributed by atoms with Crippen LogP contribution in [0.4, 0.5) is 17.3 Å². The van der Waals surface area contributed by atoms with Crippen molar-refractivity contribution in [3.63, 3.8) is 0 Å². The molecule has 0 saturated carbocycles. The molecule has 0 radical (unpaired) electrons. The minimum Gasteiger partial charge on any atom is -0.373 e. The van der Waals surface area contributed by atoms with Crippen molar-refractivity contribution in [3.8, 4) is 11.3 Å². The largest absolute Gasteiger partial charge is 0.373 e. The Balaban J connectivity index is 1.52. The van der Waals surface area contributed by atoms with E-state index in [0.29, 0.717) is 24.5 Å². The van der Waals surface area contributed by atoms with Crippen LogP contribution in [0.3, 0.4) is 0 Å². The second-order valence-corrected chi connectivity index (χ2v) is 9.32. The summed E-state index contributed by atoms with van der Waals surface area (Å²) in [6, 6.07) is 8.07. The van der Waals surface area contributed by atoms with Gasteiger partial charge < -0.3 is 15.1 Å². The van der Waals surface area contributed by atoms with Gasteiger partial charge in [0.2, 0.25) is 0 Å². The average Bonchev–Trinajstić information content (AvgIpc) is 3.39. The fraction of sp³-hybridized carbons (Fsp3) is 0.385. The molecule has 1 amide bonds. The van der Waals surface area contributed by atoms with Crippen LogP contribution in [0.1, 0.15) is 41.0 Å². The average molecular weight is 458 g/mol. The molecular formula is C26H31N7O. The van der Waals surface area contributed by atoms with Crippen LogP contribution < -0.4 is 20.0 Å². The van der Waals surface area contributed by atoms with Crippen molar-refractivity contribution in [3.05, 3.63) is 59.0 Å². The molecule has 5 heterocycles. The summed E-state index contributed by atoms with van der Waals surface area (Å²) >= 11 is 0. The Morgan fingerprint density at radius 3 is 2.74 bits per heavy atom. The third-order valence-corrected chi connectivity index (χ3v) is 6.90. The fourth-order valence-electron chi connectivity index (χ4n) is 4.71. The van der Waals surface area contributed by atoms with E-state index in [9.17, 15) is 4.79 Å². The summed E-state index contributed by atoms with van der Waals surface area (Å²) in [5, 5.41) is 3.20. The highest BCUT2D eigenvalue weighted by atomic mass is 16.2. The fourth-order valence-corrected chi connectivity index (χ4v) is 4.71. The Morgan fingerprint density at radius 1 is 1.15 bits per heavy atom. The first kappa shape index (κ1) is 22.3. The SMILES string of the molecule is CNCc1nc(N(C)C(C)C)cc2c1CN(c1cccc(-c3cncc4c3CCN4C)n1)C2=O. The van der Waals surface area contributed by atoms with E-state index in [1.165, 1.54) is 5.56 Å². The molecule has 5 rings (SSSR count). The van der Waals surface area contributed by atoms with Gasteiger partial charge in [0.05, 0.1) is 35.4 Å². The lowest BCUT2D eigenvalue weighted by molar-refractivity contribution is 0.0996. The number of hydrogen-bond acceptors (Lipinski definition) is 7. The molecule has 3 aromatic rings. The smallest absolute Gasteiger partial charge is 0.260 e. The van der Waals surface area contributed by atoms with Crippen molar-refractivity contribution in [1.29, 1.82) is 0 Å². The molecule has 8 heteroatoms. The van der Waals surface area contributed by atoms with Crippen LogP contribution in [0, 0.1) is 0 Å². The number of carbonyl (C=O) groups excluding carboxylic acids is 1. The lowest BCUT2D eigenvalue weighted by Gasteiger charge is -2.24. The van der Waals surface area contributed by atoms with E-state index in [1.807, 2.05) is 50.8 Å². The summed E-state index contributed by atoms with van der Waals surface area (Å²) < 4.78 is 0. The number of nitrogens with zero attached hydrogens (tertiary/aromatic N) is 6. The second-order valence-electron chi connectivity index (χ2n) is 9.32. The monoisotopic (exact) mass is 457 g/mol. The first-order chi connectivity index (χ1) is 16.4. The van der Waals surface area contributed by atoms with Crippen LogP contribution in [0.15, 0.2) is 36.7 Å². The standard InChI is InChI=1S/C26H31N7O/c1-16(2)32(5)25-11-18-20(22(30-25)13-27-3)15-33(26(18)34)24-8-6-7-21(29-24)19-12-28-14-23-17(19)9-10-31(23)4/h6-8,11-12,14,16,27H,9-10,13,15H2,1-5H3. The summed E-state index contributed by atoms with van der Waals surface area (Å²) in [5.74, 6) is 1.43. The number of likely N-dealkylation sites (N-methyl/N-ethyl adjacent to an activating group) is 1. The lowest BCUT2D eigenvalue weighted by Crippen LogP contribution is -2.27. The number of anilines is 3. The first-order valence-corrected chi connectivity index (χ1v) is 11.8. The van der Waals surface area contributed by atoms with Crippen LogP contribution in [0.2, 0.25) is 0 Å². The summed E-state index contributed by atoms with van der Waals surface area (Å²) in [5.41, 5.74) is 6.87. The van der Waals surface area contributed by atoms with Crippen molar-refractivity contribution >= 4 is 23.2 Å². The van der Waals surface area contributed by atoms with Crippen molar-refractivity contribution in [2.75, 3.05) is 42.4 Å². The zero-order valence-corrected chi connectivity index (χ0v) is 20.5. The molecule has 0 aromatic carbocycles. The molecule has 8 nitrogen and oxygen atoms in total. The first-order valence-electron chi connectivity index (χ1n) is 11.8. The van der Waals surface area contributed by atoms with Crippen molar-refractivity contribution < 1.29 is 4.79 Å². The molecule has 2 aliphatic heterocycles. The number of nitrogens with one attached hydrogen (secondary N) is 1. The Morgan fingerprint density at radius 2 is 1.97 bits per heavy atom. The van der Waals surface area contributed by atoms with Gasteiger partial charge in [-0.1, -0.05) is 6.07 Å². The Kier molecular flexibility index (Phi) is 5.69. The van der Waals surface area contributed by atoms with Gasteiger partial charge in [0.1, 0.15) is 11.6 Å². The predicted octanol–water partition coefficient (Wildman–Crippen LogP) is 3.26. The molecule has 0 bridgehead atoms. The van der Waals surface area contributed by atoms with Crippen LogP contribution in [0.25, 0.3) is 11.3 Å². The van der Waals surface area contributed by atoms with Crippen LogP contribution in [-0.2, 0) is 19.5 Å². The van der Waals surface area contributed by atoms with E-state index in [4.69, 9.17) is 9.97 Å². The van der Waals surface area contributed by atoms with Crippen molar-refractivity contribution in [2.45, 2.75) is 39.4 Å². The minimum atomic E-state index is -0.0334. The molecule has 176 valence electrons. The maximum atomic E-state index is 13.6. The van der Waals surface area contributed by atoms with E-state index in [0.717, 1.165) is 47.0 Å². The second kappa shape index (κ2) is 8.68. The number of carbonyl (C=O) groups is 1. The highest BCUT2D eigenvalue weighted by Crippen LogP contribution is 2.36. The number of amides is 1. The van der Waals surface area contributed by atoms with Crippen LogP contribution in [-0.4, -0.2) is 54.6 Å². The van der Waals surface area contributed by atoms with E-state index in [2.05, 4.69) is 41.0 Å². The number of hydrogen-bond donors (Lipinski definition) is 1. The van der Waals surface area contributed by atoms with E-state index in [-0.39, 0.29) is 11.9 Å². The van der Waals surface area contributed by atoms with Gasteiger partial charge in [-0.05, 0) is 51.1 Å². The summed E-state index contributed by atoms with van der Waals surface area (Å²) in [6.45, 7) is 6.27. The zero-order valence-electron chi connectivity index (χ0n) is 20.5. The van der Waals surface area contributed by atoms with Crippen LogP contribution in [0.5, 0.6) is 0 Å². The molecule has 1 N–H and O–H groups in total. The zero-order chi connectivity index (χ0) is 24.0. The van der Waals surface area contributed by atoms with Gasteiger partial charge in [0.15, 0.2) is 0 Å². The molecule has 34 heavy (non-hydrogen) atoms. The number of fused-ring (bicyclic) bond motifs is 2. The predicted molar refractivity (Wildman–Crippen MR) is 135 cm³/mol. The topological polar surface area (TPSA) is 77.5 Å². The maximum Gasteiger partial charge on any atom is 0.260 e. The quantitative estimate of drug-likeness (QED) is 0.609. The third kappa shape index (κ3) is 3.68. The summed E-state index contributed by atoms with van der Waals surface area (Å²) in [4.78, 5) is 33.9. The molecule has 0 saturated heterocycles. The van der Waals surface area contributed by atoms with Gasteiger partial charge >= 0.3 is 0 Å². The molecule has 0 aliphatic carbocycles. The lowest BCUT2D eigenvalue weighted by atomic mass is 10.0.